The Labute approximate surface area is 241 Å². The van der Waals surface area contributed by atoms with Crippen LogP contribution >= 0.6 is 19.2 Å². The van der Waals surface area contributed by atoms with Gasteiger partial charge in [0, 0.05) is 29.3 Å². The lowest BCUT2D eigenvalue weighted by Crippen LogP contribution is -2.44. The minimum Gasteiger partial charge on any atom is -0.404 e. The highest BCUT2D eigenvalue weighted by Gasteiger charge is 2.58. The molecule has 3 aliphatic carbocycles. The highest BCUT2D eigenvalue weighted by molar-refractivity contribution is 7.48. The van der Waals surface area contributed by atoms with Gasteiger partial charge in [0.25, 0.3) is 0 Å². The normalized spacial score (nSPS) is 27.6. The molecule has 1 amide bonds. The van der Waals surface area contributed by atoms with Crippen LogP contribution in [0.3, 0.4) is 0 Å². The first-order valence-corrected chi connectivity index (χ1v) is 16.9. The molecule has 0 spiro atoms. The van der Waals surface area contributed by atoms with Gasteiger partial charge in [0.2, 0.25) is 5.91 Å². The fraction of sp³-hybridized carbons (Fsp3) is 0.633. The van der Waals surface area contributed by atoms with Crippen LogP contribution in [-0.4, -0.2) is 29.9 Å². The number of nitrogens with one attached hydrogen (secondary N) is 1. The fourth-order valence-electron chi connectivity index (χ4n) is 7.59. The SMILES string of the molecule is CCOP(=O)(OCC)Oc1ccc2c(c1)CCC1C2CC[C@]2(C)C(=O)C[C@@H](CCCC(=O)Nc3ncc(C)s3)C12. The van der Waals surface area contributed by atoms with Crippen LogP contribution in [0.15, 0.2) is 24.4 Å². The molecule has 2 aromatic rings. The summed E-state index contributed by atoms with van der Waals surface area (Å²) in [4.78, 5) is 31.1. The molecule has 2 saturated carbocycles. The standard InChI is InChI=1S/C30H41N2O6PS/c1-5-36-39(35,37-6-2)38-22-11-13-23-20(16-22)10-12-25-24(23)14-15-30(4)26(33)17-21(28(25)30)8-7-9-27(34)32-29-31-18-19(3)40-29/h11,13,16,18,21,24-25,28H,5-10,12,14-15,17H2,1-4H3,(H,31,32,34)/t21-,24?,25?,28?,30-/m1/s1. The van der Waals surface area contributed by atoms with Gasteiger partial charge in [-0.15, -0.1) is 11.3 Å². The maximum atomic E-state index is 13.3. The van der Waals surface area contributed by atoms with Crippen molar-refractivity contribution in [3.05, 3.63) is 40.4 Å². The maximum Gasteiger partial charge on any atom is 0.530 e. The Balaban J connectivity index is 1.27. The van der Waals surface area contributed by atoms with Crippen LogP contribution in [0.1, 0.15) is 87.6 Å². The van der Waals surface area contributed by atoms with E-state index in [2.05, 4.69) is 23.3 Å². The van der Waals surface area contributed by atoms with E-state index < -0.39 is 7.82 Å². The van der Waals surface area contributed by atoms with Crippen molar-refractivity contribution in [2.24, 2.45) is 23.2 Å². The number of hydrogen-bond acceptors (Lipinski definition) is 8. The van der Waals surface area contributed by atoms with Crippen LogP contribution in [0.4, 0.5) is 5.13 Å². The maximum absolute atomic E-state index is 13.3. The Hall–Kier alpha value is -2.06. The summed E-state index contributed by atoms with van der Waals surface area (Å²) in [5.41, 5.74) is 2.27. The van der Waals surface area contributed by atoms with Crippen molar-refractivity contribution >= 4 is 36.0 Å². The molecule has 5 atom stereocenters. The molecule has 1 aromatic heterocycles. The number of Topliss-reactive ketones (excluding diaryl/α,β-unsaturated/α-hetero) is 1. The van der Waals surface area contributed by atoms with Gasteiger partial charge in [0.05, 0.1) is 13.2 Å². The number of fused-ring (bicyclic) bond motifs is 5. The summed E-state index contributed by atoms with van der Waals surface area (Å²) in [5.74, 6) is 2.39. The van der Waals surface area contributed by atoms with E-state index in [0.29, 0.717) is 53.2 Å². The van der Waals surface area contributed by atoms with Gasteiger partial charge in [-0.1, -0.05) is 13.0 Å². The van der Waals surface area contributed by atoms with Crippen molar-refractivity contribution < 1.29 is 27.7 Å². The molecule has 10 heteroatoms. The second-order valence-electron chi connectivity index (χ2n) is 11.6. The topological polar surface area (TPSA) is 104 Å². The van der Waals surface area contributed by atoms with E-state index in [1.807, 2.05) is 19.1 Å². The largest absolute Gasteiger partial charge is 0.530 e. The number of thiazole rings is 1. The monoisotopic (exact) mass is 588 g/mol. The van der Waals surface area contributed by atoms with Gasteiger partial charge in [-0.05, 0) is 106 Å². The molecule has 1 heterocycles. The number of hydrogen-bond donors (Lipinski definition) is 1. The summed E-state index contributed by atoms with van der Waals surface area (Å²) < 4.78 is 29.3. The van der Waals surface area contributed by atoms with E-state index in [4.69, 9.17) is 13.6 Å². The van der Waals surface area contributed by atoms with Crippen molar-refractivity contribution in [2.75, 3.05) is 18.5 Å². The first-order valence-electron chi connectivity index (χ1n) is 14.6. The molecule has 1 aromatic carbocycles. The number of amides is 1. The summed E-state index contributed by atoms with van der Waals surface area (Å²) in [6.45, 7) is 8.16. The first kappa shape index (κ1) is 29.4. The third-order valence-electron chi connectivity index (χ3n) is 9.18. The van der Waals surface area contributed by atoms with Gasteiger partial charge in [-0.25, -0.2) is 9.55 Å². The van der Waals surface area contributed by atoms with Crippen LogP contribution in [0.5, 0.6) is 5.75 Å². The Morgan fingerprint density at radius 2 is 2.00 bits per heavy atom. The van der Waals surface area contributed by atoms with Crippen molar-refractivity contribution in [3.8, 4) is 5.75 Å². The van der Waals surface area contributed by atoms with Crippen molar-refractivity contribution in [1.82, 2.24) is 4.98 Å². The summed E-state index contributed by atoms with van der Waals surface area (Å²) >= 11 is 1.48. The van der Waals surface area contributed by atoms with E-state index in [1.165, 1.54) is 22.5 Å². The summed E-state index contributed by atoms with van der Waals surface area (Å²) in [5, 5.41) is 3.55. The highest BCUT2D eigenvalue weighted by atomic mass is 32.1. The van der Waals surface area contributed by atoms with Gasteiger partial charge < -0.3 is 9.84 Å². The molecule has 1 N–H and O–H groups in total. The number of aromatic nitrogens is 1. The fourth-order valence-corrected chi connectivity index (χ4v) is 9.46. The number of carbonyl (C=O) groups excluding carboxylic acids is 2. The molecule has 3 unspecified atom stereocenters. The van der Waals surface area contributed by atoms with Crippen molar-refractivity contribution in [2.45, 2.75) is 85.0 Å². The van der Waals surface area contributed by atoms with E-state index >= 15 is 0 Å². The van der Waals surface area contributed by atoms with Gasteiger partial charge in [-0.3, -0.25) is 18.6 Å². The molecule has 0 radical (unpaired) electrons. The number of nitrogens with zero attached hydrogens (tertiary/aromatic N) is 1. The third-order valence-corrected chi connectivity index (χ3v) is 11.6. The minimum absolute atomic E-state index is 0.00852. The lowest BCUT2D eigenvalue weighted by Gasteiger charge is -2.50. The average Bonchev–Trinajstić information content (AvgIpc) is 3.42. The summed E-state index contributed by atoms with van der Waals surface area (Å²) in [6.07, 6.45) is 8.31. The zero-order valence-electron chi connectivity index (χ0n) is 23.9. The molecule has 218 valence electrons. The predicted octanol–water partition coefficient (Wildman–Crippen LogP) is 7.47. The Morgan fingerprint density at radius 3 is 2.70 bits per heavy atom. The second-order valence-corrected chi connectivity index (χ2v) is 14.5. The number of benzene rings is 1. The van der Waals surface area contributed by atoms with Crippen LogP contribution in [0, 0.1) is 30.1 Å². The number of ketones is 1. The lowest BCUT2D eigenvalue weighted by atomic mass is 9.54. The quantitative estimate of drug-likeness (QED) is 0.272. The van der Waals surface area contributed by atoms with Gasteiger partial charge in [0.1, 0.15) is 11.5 Å². The van der Waals surface area contributed by atoms with Crippen molar-refractivity contribution in [1.29, 1.82) is 0 Å². The number of anilines is 1. The average molecular weight is 589 g/mol. The number of aryl methyl sites for hydroxylation is 2. The van der Waals surface area contributed by atoms with E-state index in [0.717, 1.165) is 43.4 Å². The Bertz CT molecular complexity index is 1290. The van der Waals surface area contributed by atoms with Gasteiger partial charge in [0.15, 0.2) is 5.13 Å². The zero-order valence-corrected chi connectivity index (χ0v) is 25.7. The second kappa shape index (κ2) is 12.0. The van der Waals surface area contributed by atoms with E-state index in [9.17, 15) is 14.2 Å². The Kier molecular flexibility index (Phi) is 8.86. The molecule has 0 aliphatic heterocycles. The van der Waals surface area contributed by atoms with Gasteiger partial charge in [-0.2, -0.15) is 0 Å². The molecule has 0 saturated heterocycles. The van der Waals surface area contributed by atoms with Crippen LogP contribution in [0.25, 0.3) is 0 Å². The molecule has 40 heavy (non-hydrogen) atoms. The van der Waals surface area contributed by atoms with Crippen LogP contribution in [0.2, 0.25) is 0 Å². The van der Waals surface area contributed by atoms with Crippen molar-refractivity contribution in [3.63, 3.8) is 0 Å². The van der Waals surface area contributed by atoms with E-state index in [1.54, 1.807) is 20.0 Å². The van der Waals surface area contributed by atoms with Crippen LogP contribution in [-0.2, 0) is 29.6 Å². The molecule has 3 aliphatic rings. The highest BCUT2D eigenvalue weighted by Crippen LogP contribution is 2.62. The number of rotatable bonds is 11. The molecule has 2 fully saturated rings. The molecular formula is C30H41N2O6PS. The third kappa shape index (κ3) is 5.94. The van der Waals surface area contributed by atoms with Gasteiger partial charge >= 0.3 is 7.82 Å². The number of phosphoric acid groups is 1. The molecular weight excluding hydrogens is 547 g/mol. The number of phosphoric ester groups is 1. The zero-order chi connectivity index (χ0) is 28.5. The molecule has 5 rings (SSSR count). The summed E-state index contributed by atoms with van der Waals surface area (Å²) in [6, 6.07) is 5.98. The number of carbonyl (C=O) groups is 2. The summed E-state index contributed by atoms with van der Waals surface area (Å²) in [7, 11) is -3.65. The van der Waals surface area contributed by atoms with E-state index in [-0.39, 0.29) is 24.5 Å². The lowest BCUT2D eigenvalue weighted by molar-refractivity contribution is -0.129. The predicted molar refractivity (Wildman–Crippen MR) is 156 cm³/mol. The smallest absolute Gasteiger partial charge is 0.404 e. The first-order chi connectivity index (χ1) is 19.2. The van der Waals surface area contributed by atoms with Crippen LogP contribution < -0.4 is 9.84 Å². The minimum atomic E-state index is -3.65. The Morgan fingerprint density at radius 1 is 1.23 bits per heavy atom. The molecule has 8 nitrogen and oxygen atoms in total. The molecule has 0 bridgehead atoms.